The number of benzene rings is 1. The molecule has 0 fully saturated rings. The molecule has 72 valence electrons. The zero-order valence-electron chi connectivity index (χ0n) is 8.39. The second-order valence-electron chi connectivity index (χ2n) is 3.66. The van der Waals surface area contributed by atoms with E-state index < -0.39 is 0 Å². The standard InChI is InChI=1S/C11H16FN/c1-7(2)10-5-9(6-13)8(3)4-11(10)12/h4-5,7H,6,13H2,1-3H3. The molecule has 1 nitrogen and oxygen atoms in total. The third-order valence-electron chi connectivity index (χ3n) is 2.30. The van der Waals surface area contributed by atoms with Crippen molar-refractivity contribution < 1.29 is 4.39 Å². The van der Waals surface area contributed by atoms with Crippen molar-refractivity contribution >= 4 is 0 Å². The summed E-state index contributed by atoms with van der Waals surface area (Å²) in [6.07, 6.45) is 0. The van der Waals surface area contributed by atoms with Crippen molar-refractivity contribution in [2.45, 2.75) is 33.2 Å². The van der Waals surface area contributed by atoms with Crippen LogP contribution in [0.1, 0.15) is 36.5 Å². The van der Waals surface area contributed by atoms with E-state index in [1.807, 2.05) is 26.8 Å². The Morgan fingerprint density at radius 1 is 1.38 bits per heavy atom. The number of hydrogen-bond donors (Lipinski definition) is 1. The predicted octanol–water partition coefficient (Wildman–Crippen LogP) is 2.72. The molecule has 1 aromatic rings. The molecule has 13 heavy (non-hydrogen) atoms. The Hall–Kier alpha value is -0.890. The lowest BCUT2D eigenvalue weighted by atomic mass is 9.97. The molecule has 0 aliphatic heterocycles. The molecule has 0 aliphatic rings. The van der Waals surface area contributed by atoms with Crippen molar-refractivity contribution in [1.29, 1.82) is 0 Å². The van der Waals surface area contributed by atoms with Crippen LogP contribution in [0.5, 0.6) is 0 Å². The topological polar surface area (TPSA) is 26.0 Å². The lowest BCUT2D eigenvalue weighted by molar-refractivity contribution is 0.595. The zero-order chi connectivity index (χ0) is 10.0. The molecule has 0 saturated heterocycles. The summed E-state index contributed by atoms with van der Waals surface area (Å²) in [5.74, 6) is 0.0931. The van der Waals surface area contributed by atoms with Crippen LogP contribution in [-0.2, 0) is 6.54 Å². The highest BCUT2D eigenvalue weighted by molar-refractivity contribution is 5.33. The maximum atomic E-state index is 13.4. The van der Waals surface area contributed by atoms with Gasteiger partial charge in [0.25, 0.3) is 0 Å². The highest BCUT2D eigenvalue weighted by Gasteiger charge is 2.09. The average Bonchev–Trinajstić information content (AvgIpc) is 2.03. The van der Waals surface area contributed by atoms with Crippen LogP contribution in [0.4, 0.5) is 4.39 Å². The van der Waals surface area contributed by atoms with Crippen molar-refractivity contribution in [3.8, 4) is 0 Å². The maximum Gasteiger partial charge on any atom is 0.126 e. The van der Waals surface area contributed by atoms with Crippen LogP contribution < -0.4 is 5.73 Å². The molecule has 0 bridgehead atoms. The summed E-state index contributed by atoms with van der Waals surface area (Å²) < 4.78 is 13.4. The van der Waals surface area contributed by atoms with Crippen molar-refractivity contribution in [2.24, 2.45) is 5.73 Å². The third-order valence-corrected chi connectivity index (χ3v) is 2.30. The SMILES string of the molecule is Cc1cc(F)c(C(C)C)cc1CN. The second kappa shape index (κ2) is 3.88. The molecule has 2 heteroatoms. The summed E-state index contributed by atoms with van der Waals surface area (Å²) >= 11 is 0. The second-order valence-corrected chi connectivity index (χ2v) is 3.66. The van der Waals surface area contributed by atoms with E-state index in [-0.39, 0.29) is 11.7 Å². The molecule has 1 rings (SSSR count). The van der Waals surface area contributed by atoms with Gasteiger partial charge in [-0.1, -0.05) is 19.9 Å². The van der Waals surface area contributed by atoms with Crippen molar-refractivity contribution in [3.05, 3.63) is 34.6 Å². The molecule has 0 amide bonds. The molecule has 0 spiro atoms. The summed E-state index contributed by atoms with van der Waals surface area (Å²) in [7, 11) is 0. The van der Waals surface area contributed by atoms with E-state index >= 15 is 0 Å². The number of hydrogen-bond acceptors (Lipinski definition) is 1. The van der Waals surface area contributed by atoms with Gasteiger partial charge in [0.2, 0.25) is 0 Å². The van der Waals surface area contributed by atoms with E-state index in [0.29, 0.717) is 6.54 Å². The minimum absolute atomic E-state index is 0.121. The van der Waals surface area contributed by atoms with Gasteiger partial charge in [-0.25, -0.2) is 4.39 Å². The van der Waals surface area contributed by atoms with Gasteiger partial charge in [0.05, 0.1) is 0 Å². The summed E-state index contributed by atoms with van der Waals surface area (Å²) in [5, 5.41) is 0. The summed E-state index contributed by atoms with van der Waals surface area (Å²) in [5.41, 5.74) is 8.27. The molecule has 0 unspecified atom stereocenters. The average molecular weight is 181 g/mol. The monoisotopic (exact) mass is 181 g/mol. The highest BCUT2D eigenvalue weighted by atomic mass is 19.1. The third kappa shape index (κ3) is 2.07. The number of rotatable bonds is 2. The Kier molecular flexibility index (Phi) is 3.04. The van der Waals surface area contributed by atoms with Gasteiger partial charge < -0.3 is 5.73 Å². The first-order valence-electron chi connectivity index (χ1n) is 4.55. The van der Waals surface area contributed by atoms with Gasteiger partial charge in [0.15, 0.2) is 0 Å². The summed E-state index contributed by atoms with van der Waals surface area (Å²) in [6, 6.07) is 3.44. The van der Waals surface area contributed by atoms with Gasteiger partial charge in [-0.15, -0.1) is 0 Å². The Bertz CT molecular complexity index is 305. The van der Waals surface area contributed by atoms with Crippen LogP contribution >= 0.6 is 0 Å². The van der Waals surface area contributed by atoms with Gasteiger partial charge in [0, 0.05) is 6.54 Å². The van der Waals surface area contributed by atoms with Crippen LogP contribution in [0, 0.1) is 12.7 Å². The highest BCUT2D eigenvalue weighted by Crippen LogP contribution is 2.22. The fourth-order valence-electron chi connectivity index (χ4n) is 1.40. The Morgan fingerprint density at radius 3 is 2.46 bits per heavy atom. The van der Waals surface area contributed by atoms with Crippen LogP contribution in [0.3, 0.4) is 0 Å². The Labute approximate surface area is 78.8 Å². The van der Waals surface area contributed by atoms with E-state index in [0.717, 1.165) is 16.7 Å². The molecular weight excluding hydrogens is 165 g/mol. The number of halogens is 1. The van der Waals surface area contributed by atoms with Gasteiger partial charge in [0.1, 0.15) is 5.82 Å². The lowest BCUT2D eigenvalue weighted by Gasteiger charge is -2.11. The molecule has 0 heterocycles. The first kappa shape index (κ1) is 10.2. The van der Waals surface area contributed by atoms with Gasteiger partial charge in [-0.05, 0) is 35.6 Å². The van der Waals surface area contributed by atoms with Gasteiger partial charge in [-0.2, -0.15) is 0 Å². The minimum atomic E-state index is -0.121. The van der Waals surface area contributed by atoms with Crippen molar-refractivity contribution in [1.82, 2.24) is 0 Å². The maximum absolute atomic E-state index is 13.4. The van der Waals surface area contributed by atoms with Gasteiger partial charge in [-0.3, -0.25) is 0 Å². The smallest absolute Gasteiger partial charge is 0.126 e. The Balaban J connectivity index is 3.22. The van der Waals surface area contributed by atoms with E-state index in [4.69, 9.17) is 5.73 Å². The largest absolute Gasteiger partial charge is 0.326 e. The van der Waals surface area contributed by atoms with Crippen molar-refractivity contribution in [2.75, 3.05) is 0 Å². The molecule has 0 radical (unpaired) electrons. The van der Waals surface area contributed by atoms with E-state index in [1.54, 1.807) is 6.07 Å². The normalized spacial score (nSPS) is 10.9. The minimum Gasteiger partial charge on any atom is -0.326 e. The lowest BCUT2D eigenvalue weighted by Crippen LogP contribution is -2.03. The molecule has 0 saturated carbocycles. The first-order valence-corrected chi connectivity index (χ1v) is 4.55. The number of nitrogens with two attached hydrogens (primary N) is 1. The Morgan fingerprint density at radius 2 is 2.00 bits per heavy atom. The quantitative estimate of drug-likeness (QED) is 0.745. The summed E-state index contributed by atoms with van der Waals surface area (Å²) in [4.78, 5) is 0. The fraction of sp³-hybridized carbons (Fsp3) is 0.455. The van der Waals surface area contributed by atoms with E-state index in [2.05, 4.69) is 0 Å². The molecule has 2 N–H and O–H groups in total. The van der Waals surface area contributed by atoms with Crippen molar-refractivity contribution in [3.63, 3.8) is 0 Å². The number of aryl methyl sites for hydroxylation is 1. The summed E-state index contributed by atoms with van der Waals surface area (Å²) in [6.45, 7) is 6.32. The van der Waals surface area contributed by atoms with E-state index in [1.165, 1.54) is 0 Å². The predicted molar refractivity (Wildman–Crippen MR) is 53.1 cm³/mol. The van der Waals surface area contributed by atoms with Crippen LogP contribution in [0.15, 0.2) is 12.1 Å². The molecule has 1 aromatic carbocycles. The van der Waals surface area contributed by atoms with Crippen LogP contribution in [0.25, 0.3) is 0 Å². The van der Waals surface area contributed by atoms with Gasteiger partial charge >= 0.3 is 0 Å². The molecule has 0 aromatic heterocycles. The molecular formula is C11H16FN. The zero-order valence-corrected chi connectivity index (χ0v) is 8.39. The van der Waals surface area contributed by atoms with E-state index in [9.17, 15) is 4.39 Å². The molecule has 0 aliphatic carbocycles. The van der Waals surface area contributed by atoms with Crippen LogP contribution in [0.2, 0.25) is 0 Å². The van der Waals surface area contributed by atoms with Crippen LogP contribution in [-0.4, -0.2) is 0 Å². The fourth-order valence-corrected chi connectivity index (χ4v) is 1.40. The molecule has 0 atom stereocenters. The first-order chi connectivity index (χ1) is 6.06.